The van der Waals surface area contributed by atoms with Gasteiger partial charge in [0.05, 0.1) is 13.7 Å². The van der Waals surface area contributed by atoms with Crippen molar-refractivity contribution >= 4 is 23.3 Å². The maximum atomic E-state index is 14.1. The lowest BCUT2D eigenvalue weighted by Gasteiger charge is -2.36. The number of nitrogens with one attached hydrogen (secondary N) is 1. The third kappa shape index (κ3) is 4.72. The van der Waals surface area contributed by atoms with Gasteiger partial charge in [-0.05, 0) is 55.0 Å². The number of ether oxygens (including phenoxy) is 1. The third-order valence-electron chi connectivity index (χ3n) is 5.40. The average Bonchev–Trinajstić information content (AvgIpc) is 2.82. The normalized spacial score (nSPS) is 13.8. The van der Waals surface area contributed by atoms with Crippen molar-refractivity contribution in [3.05, 3.63) is 89.7 Å². The van der Waals surface area contributed by atoms with Crippen LogP contribution in [0.15, 0.2) is 72.8 Å². The van der Waals surface area contributed by atoms with Crippen LogP contribution >= 0.6 is 0 Å². The molecule has 0 spiro atoms. The molecular weight excluding hydrogens is 409 g/mol. The molecule has 3 aromatic rings. The largest absolute Gasteiger partial charge is 0.497 e. The Labute approximate surface area is 186 Å². The van der Waals surface area contributed by atoms with E-state index < -0.39 is 0 Å². The van der Waals surface area contributed by atoms with Gasteiger partial charge in [-0.3, -0.25) is 9.69 Å². The van der Waals surface area contributed by atoms with Gasteiger partial charge in [-0.1, -0.05) is 24.3 Å². The summed E-state index contributed by atoms with van der Waals surface area (Å²) in [6, 6.07) is 20.3. The van der Waals surface area contributed by atoms with Crippen molar-refractivity contribution in [3.63, 3.8) is 0 Å². The molecule has 0 aromatic heterocycles. The predicted molar refractivity (Wildman–Crippen MR) is 122 cm³/mol. The van der Waals surface area contributed by atoms with Gasteiger partial charge >= 0.3 is 6.03 Å². The number of amides is 3. The van der Waals surface area contributed by atoms with Gasteiger partial charge in [-0.25, -0.2) is 9.18 Å². The molecule has 7 heteroatoms. The Balaban J connectivity index is 1.48. The summed E-state index contributed by atoms with van der Waals surface area (Å²) in [5.41, 5.74) is 2.20. The van der Waals surface area contributed by atoms with Crippen molar-refractivity contribution in [1.29, 1.82) is 0 Å². The average molecular weight is 433 g/mol. The molecule has 1 aliphatic heterocycles. The summed E-state index contributed by atoms with van der Waals surface area (Å²) in [6.07, 6.45) is 0.752. The van der Waals surface area contributed by atoms with Gasteiger partial charge in [0.1, 0.15) is 11.6 Å². The number of benzene rings is 3. The van der Waals surface area contributed by atoms with E-state index in [1.54, 1.807) is 83.6 Å². The Bertz CT molecular complexity index is 1120. The minimum atomic E-state index is -0.324. The summed E-state index contributed by atoms with van der Waals surface area (Å²) in [6.45, 7) is 1.30. The zero-order valence-corrected chi connectivity index (χ0v) is 17.8. The summed E-state index contributed by atoms with van der Waals surface area (Å²) in [5.74, 6) is 0.104. The quantitative estimate of drug-likeness (QED) is 0.600. The zero-order valence-electron chi connectivity index (χ0n) is 17.8. The minimum Gasteiger partial charge on any atom is -0.497 e. The number of carbonyl (C=O) groups is 2. The second-order valence-corrected chi connectivity index (χ2v) is 7.53. The standard InChI is InChI=1S/C25H24FN3O3/c1-32-22-12-10-20(11-13-22)27-24(30)18-7-4-8-21(16-18)29-15-5-14-28(25(29)31)17-19-6-2-3-9-23(19)26/h2-4,6-13,16H,5,14-15,17H2,1H3,(H,27,30). The van der Waals surface area contributed by atoms with Crippen molar-refractivity contribution in [3.8, 4) is 5.75 Å². The van der Waals surface area contributed by atoms with E-state index in [1.165, 1.54) is 6.07 Å². The summed E-state index contributed by atoms with van der Waals surface area (Å²) in [4.78, 5) is 29.1. The molecule has 0 aliphatic carbocycles. The number of methoxy groups -OCH3 is 1. The smallest absolute Gasteiger partial charge is 0.324 e. The van der Waals surface area contributed by atoms with Crippen LogP contribution in [-0.4, -0.2) is 37.0 Å². The topological polar surface area (TPSA) is 61.9 Å². The molecule has 164 valence electrons. The van der Waals surface area contributed by atoms with Crippen LogP contribution in [0.1, 0.15) is 22.3 Å². The fraction of sp³-hybridized carbons (Fsp3) is 0.200. The molecule has 0 saturated carbocycles. The van der Waals surface area contributed by atoms with Crippen molar-refractivity contribution in [2.24, 2.45) is 0 Å². The molecule has 0 atom stereocenters. The van der Waals surface area contributed by atoms with E-state index in [2.05, 4.69) is 5.32 Å². The van der Waals surface area contributed by atoms with Crippen LogP contribution in [0, 0.1) is 5.82 Å². The molecule has 1 fully saturated rings. The van der Waals surface area contributed by atoms with Crippen LogP contribution in [0.5, 0.6) is 5.75 Å². The Morgan fingerprint density at radius 2 is 1.81 bits per heavy atom. The maximum Gasteiger partial charge on any atom is 0.324 e. The molecule has 32 heavy (non-hydrogen) atoms. The van der Waals surface area contributed by atoms with Gasteiger partial charge < -0.3 is 15.0 Å². The number of urea groups is 1. The van der Waals surface area contributed by atoms with Crippen LogP contribution < -0.4 is 15.0 Å². The number of nitrogens with zero attached hydrogens (tertiary/aromatic N) is 2. The van der Waals surface area contributed by atoms with Crippen molar-refractivity contribution < 1.29 is 18.7 Å². The summed E-state index contributed by atoms with van der Waals surface area (Å²) in [7, 11) is 1.58. The van der Waals surface area contributed by atoms with E-state index in [-0.39, 0.29) is 24.3 Å². The highest BCUT2D eigenvalue weighted by atomic mass is 19.1. The van der Waals surface area contributed by atoms with Gasteiger partial charge in [0.2, 0.25) is 0 Å². The fourth-order valence-electron chi connectivity index (χ4n) is 3.69. The van der Waals surface area contributed by atoms with Gasteiger partial charge in [0.15, 0.2) is 0 Å². The van der Waals surface area contributed by atoms with Gasteiger partial charge in [0.25, 0.3) is 5.91 Å². The highest BCUT2D eigenvalue weighted by Gasteiger charge is 2.27. The summed E-state index contributed by atoms with van der Waals surface area (Å²) in [5, 5.41) is 2.85. The minimum absolute atomic E-state index is 0.202. The highest BCUT2D eigenvalue weighted by Crippen LogP contribution is 2.24. The summed E-state index contributed by atoms with van der Waals surface area (Å²) < 4.78 is 19.2. The molecule has 1 heterocycles. The molecule has 1 saturated heterocycles. The van der Waals surface area contributed by atoms with E-state index in [0.29, 0.717) is 41.3 Å². The van der Waals surface area contributed by atoms with E-state index >= 15 is 0 Å². The number of carbonyl (C=O) groups excluding carboxylic acids is 2. The molecule has 6 nitrogen and oxygen atoms in total. The maximum absolute atomic E-state index is 14.1. The lowest BCUT2D eigenvalue weighted by molar-refractivity contribution is 0.102. The Morgan fingerprint density at radius 1 is 1.03 bits per heavy atom. The number of anilines is 2. The van der Waals surface area contributed by atoms with E-state index in [4.69, 9.17) is 4.74 Å². The lowest BCUT2D eigenvalue weighted by Crippen LogP contribution is -2.49. The van der Waals surface area contributed by atoms with E-state index in [0.717, 1.165) is 6.42 Å². The van der Waals surface area contributed by atoms with Crippen LogP contribution in [0.4, 0.5) is 20.6 Å². The molecule has 4 rings (SSSR count). The monoisotopic (exact) mass is 433 g/mol. The molecule has 1 N–H and O–H groups in total. The molecule has 0 unspecified atom stereocenters. The van der Waals surface area contributed by atoms with E-state index in [9.17, 15) is 14.0 Å². The first-order valence-electron chi connectivity index (χ1n) is 10.4. The van der Waals surface area contributed by atoms with Crippen LogP contribution in [0.25, 0.3) is 0 Å². The number of hydrogen-bond donors (Lipinski definition) is 1. The predicted octanol–water partition coefficient (Wildman–Crippen LogP) is 4.92. The number of rotatable bonds is 6. The number of hydrogen-bond acceptors (Lipinski definition) is 3. The fourth-order valence-corrected chi connectivity index (χ4v) is 3.69. The molecule has 3 aromatic carbocycles. The first kappa shape index (κ1) is 21.4. The zero-order chi connectivity index (χ0) is 22.5. The molecule has 0 bridgehead atoms. The van der Waals surface area contributed by atoms with Gasteiger partial charge in [-0.15, -0.1) is 0 Å². The summed E-state index contributed by atoms with van der Waals surface area (Å²) >= 11 is 0. The second kappa shape index (κ2) is 9.51. The Hall–Kier alpha value is -3.87. The SMILES string of the molecule is COc1ccc(NC(=O)c2cccc(N3CCCN(Cc4ccccc4F)C3=O)c2)cc1. The van der Waals surface area contributed by atoms with E-state index in [1.807, 2.05) is 0 Å². The van der Waals surface area contributed by atoms with Crippen molar-refractivity contribution in [1.82, 2.24) is 4.90 Å². The van der Waals surface area contributed by atoms with Crippen molar-refractivity contribution in [2.75, 3.05) is 30.4 Å². The Morgan fingerprint density at radius 3 is 2.56 bits per heavy atom. The molecule has 0 radical (unpaired) electrons. The van der Waals surface area contributed by atoms with Crippen molar-refractivity contribution in [2.45, 2.75) is 13.0 Å². The lowest BCUT2D eigenvalue weighted by atomic mass is 10.1. The van der Waals surface area contributed by atoms with Gasteiger partial charge in [0, 0.05) is 35.6 Å². The Kier molecular flexibility index (Phi) is 6.35. The first-order valence-corrected chi connectivity index (χ1v) is 10.4. The van der Waals surface area contributed by atoms with Gasteiger partial charge in [-0.2, -0.15) is 0 Å². The third-order valence-corrected chi connectivity index (χ3v) is 5.40. The van der Waals surface area contributed by atoms with Crippen LogP contribution in [0.2, 0.25) is 0 Å². The number of halogens is 1. The van der Waals surface area contributed by atoms with Crippen LogP contribution in [0.3, 0.4) is 0 Å². The molecule has 1 aliphatic rings. The molecular formula is C25H24FN3O3. The van der Waals surface area contributed by atoms with Crippen LogP contribution in [-0.2, 0) is 6.54 Å². The molecule has 3 amide bonds. The second-order valence-electron chi connectivity index (χ2n) is 7.53. The highest BCUT2D eigenvalue weighted by molar-refractivity contribution is 6.05. The first-order chi connectivity index (χ1) is 15.5.